The molecule has 3 rings (SSSR count). The highest BCUT2D eigenvalue weighted by Crippen LogP contribution is 2.30. The topological polar surface area (TPSA) is 70.3 Å². The van der Waals surface area contributed by atoms with Gasteiger partial charge in [0.05, 0.1) is 0 Å². The lowest BCUT2D eigenvalue weighted by Gasteiger charge is -2.28. The lowest BCUT2D eigenvalue weighted by Crippen LogP contribution is -2.36. The van der Waals surface area contributed by atoms with Crippen LogP contribution in [0.1, 0.15) is 22.6 Å². The number of nitrogens with two attached hydrogens (primary N) is 1. The Kier molecular flexibility index (Phi) is 4.47. The maximum Gasteiger partial charge on any atom is 0.127 e. The van der Waals surface area contributed by atoms with E-state index in [1.807, 2.05) is 24.3 Å². The predicted molar refractivity (Wildman–Crippen MR) is 88.7 cm³/mol. The van der Waals surface area contributed by atoms with Gasteiger partial charge in [-0.25, -0.2) is 0 Å². The Morgan fingerprint density at radius 3 is 2.00 bits per heavy atom. The van der Waals surface area contributed by atoms with E-state index < -0.39 is 5.60 Å². The molecule has 0 spiro atoms. The van der Waals surface area contributed by atoms with Gasteiger partial charge in [-0.05, 0) is 28.8 Å². The van der Waals surface area contributed by atoms with E-state index in [0.29, 0.717) is 10.9 Å². The first kappa shape index (κ1) is 15.5. The number of hydrazine groups is 1. The molecule has 4 nitrogen and oxygen atoms in total. The molecule has 2 aromatic rings. The van der Waals surface area contributed by atoms with Gasteiger partial charge in [0.25, 0.3) is 0 Å². The fourth-order valence-corrected chi connectivity index (χ4v) is 2.98. The van der Waals surface area contributed by atoms with Crippen LogP contribution in [0.15, 0.2) is 48.5 Å². The lowest BCUT2D eigenvalue weighted by atomic mass is 9.85. The molecule has 1 aliphatic heterocycles. The number of benzene rings is 2. The van der Waals surface area contributed by atoms with Crippen LogP contribution in [-0.4, -0.2) is 24.7 Å². The van der Waals surface area contributed by atoms with Crippen LogP contribution in [-0.2, 0) is 5.60 Å². The Hall–Kier alpha value is -1.43. The maximum atomic E-state index is 11.0. The van der Waals surface area contributed by atoms with Crippen molar-refractivity contribution in [2.45, 2.75) is 11.5 Å². The van der Waals surface area contributed by atoms with Crippen LogP contribution in [0.25, 0.3) is 0 Å². The van der Waals surface area contributed by atoms with E-state index in [1.165, 1.54) is 5.56 Å². The molecule has 1 atom stereocenters. The monoisotopic (exact) mass is 317 g/mol. The van der Waals surface area contributed by atoms with Gasteiger partial charge in [0.1, 0.15) is 5.60 Å². The minimum atomic E-state index is -1.20. The maximum absolute atomic E-state index is 11.0. The molecule has 22 heavy (non-hydrogen) atoms. The average molecular weight is 318 g/mol. The lowest BCUT2D eigenvalue weighted by molar-refractivity contribution is 0.0902. The Bertz CT molecular complexity index is 623. The molecule has 0 aromatic heterocycles. The summed E-state index contributed by atoms with van der Waals surface area (Å²) in [5.41, 5.74) is 13.7. The van der Waals surface area contributed by atoms with E-state index in [4.69, 9.17) is 17.3 Å². The van der Waals surface area contributed by atoms with Gasteiger partial charge >= 0.3 is 0 Å². The summed E-state index contributed by atoms with van der Waals surface area (Å²) in [5, 5.41) is 11.7. The summed E-state index contributed by atoms with van der Waals surface area (Å²) in [6, 6.07) is 15.2. The number of halogens is 1. The van der Waals surface area contributed by atoms with Crippen LogP contribution < -0.4 is 16.6 Å². The van der Waals surface area contributed by atoms with Crippen molar-refractivity contribution in [3.05, 3.63) is 70.2 Å². The molecule has 1 unspecified atom stereocenters. The van der Waals surface area contributed by atoms with Crippen molar-refractivity contribution in [2.24, 2.45) is 5.73 Å². The molecule has 5 N–H and O–H groups in total. The Balaban J connectivity index is 1.90. The number of rotatable bonds is 4. The molecule has 1 aliphatic rings. The molecule has 0 saturated carbocycles. The minimum Gasteiger partial charge on any atom is -0.379 e. The van der Waals surface area contributed by atoms with E-state index in [2.05, 4.69) is 23.0 Å². The average Bonchev–Trinajstić information content (AvgIpc) is 3.09. The molecule has 1 saturated heterocycles. The second-order valence-corrected chi connectivity index (χ2v) is 6.09. The fraction of sp³-hybridized carbons (Fsp3) is 0.294. The summed E-state index contributed by atoms with van der Waals surface area (Å²) in [4.78, 5) is 0. The van der Waals surface area contributed by atoms with Crippen molar-refractivity contribution in [2.75, 3.05) is 19.6 Å². The third kappa shape index (κ3) is 2.89. The Morgan fingerprint density at radius 1 is 1.00 bits per heavy atom. The first-order chi connectivity index (χ1) is 10.6. The highest BCUT2D eigenvalue weighted by Gasteiger charge is 2.30. The smallest absolute Gasteiger partial charge is 0.127 e. The molecular weight excluding hydrogens is 298 g/mol. The third-order valence-corrected chi connectivity index (χ3v) is 4.55. The first-order valence-corrected chi connectivity index (χ1v) is 7.76. The van der Waals surface area contributed by atoms with Gasteiger partial charge in [-0.1, -0.05) is 48.0 Å². The van der Waals surface area contributed by atoms with E-state index in [1.54, 1.807) is 12.1 Å². The standard InChI is InChI=1S/C17H20ClN3O/c18-16-7-5-15(6-8-16)17(22,11-19)14-3-1-12(2-4-14)13-9-20-21-10-13/h1-8,13,20-22H,9-11,19H2. The summed E-state index contributed by atoms with van der Waals surface area (Å²) in [6.45, 7) is 1.94. The SMILES string of the molecule is NCC(O)(c1ccc(Cl)cc1)c1ccc(C2CNNC2)cc1. The molecule has 0 amide bonds. The van der Waals surface area contributed by atoms with Crippen molar-refractivity contribution in [3.8, 4) is 0 Å². The molecule has 1 fully saturated rings. The number of hydrogen-bond acceptors (Lipinski definition) is 4. The first-order valence-electron chi connectivity index (χ1n) is 7.38. The Labute approximate surface area is 135 Å². The van der Waals surface area contributed by atoms with Crippen LogP contribution in [0.2, 0.25) is 5.02 Å². The summed E-state index contributed by atoms with van der Waals surface area (Å²) < 4.78 is 0. The summed E-state index contributed by atoms with van der Waals surface area (Å²) in [6.07, 6.45) is 0. The van der Waals surface area contributed by atoms with Crippen molar-refractivity contribution < 1.29 is 5.11 Å². The Morgan fingerprint density at radius 2 is 1.50 bits per heavy atom. The molecule has 0 radical (unpaired) electrons. The largest absolute Gasteiger partial charge is 0.379 e. The molecule has 2 aromatic carbocycles. The fourth-order valence-electron chi connectivity index (χ4n) is 2.86. The third-order valence-electron chi connectivity index (χ3n) is 4.30. The van der Waals surface area contributed by atoms with Gasteiger partial charge in [0, 0.05) is 30.6 Å². The molecule has 1 heterocycles. The van der Waals surface area contributed by atoms with Gasteiger partial charge in [-0.15, -0.1) is 0 Å². The quantitative estimate of drug-likeness (QED) is 0.693. The minimum absolute atomic E-state index is 0.112. The van der Waals surface area contributed by atoms with Gasteiger partial charge < -0.3 is 10.8 Å². The highest BCUT2D eigenvalue weighted by molar-refractivity contribution is 6.30. The van der Waals surface area contributed by atoms with Crippen molar-refractivity contribution >= 4 is 11.6 Å². The van der Waals surface area contributed by atoms with Crippen LogP contribution >= 0.6 is 11.6 Å². The summed E-state index contributed by atoms with van der Waals surface area (Å²) >= 11 is 5.92. The van der Waals surface area contributed by atoms with Crippen LogP contribution in [0.5, 0.6) is 0 Å². The molecule has 0 bridgehead atoms. The van der Waals surface area contributed by atoms with Crippen LogP contribution in [0.3, 0.4) is 0 Å². The summed E-state index contributed by atoms with van der Waals surface area (Å²) in [7, 11) is 0. The van der Waals surface area contributed by atoms with E-state index in [9.17, 15) is 5.11 Å². The summed E-state index contributed by atoms with van der Waals surface area (Å²) in [5.74, 6) is 0.454. The van der Waals surface area contributed by atoms with Crippen molar-refractivity contribution in [3.63, 3.8) is 0 Å². The second-order valence-electron chi connectivity index (χ2n) is 5.65. The van der Waals surface area contributed by atoms with Gasteiger partial charge in [-0.2, -0.15) is 0 Å². The zero-order valence-electron chi connectivity index (χ0n) is 12.2. The van der Waals surface area contributed by atoms with Crippen LogP contribution in [0.4, 0.5) is 0 Å². The zero-order valence-corrected chi connectivity index (χ0v) is 13.0. The van der Waals surface area contributed by atoms with E-state index in [0.717, 1.165) is 24.2 Å². The predicted octanol–water partition coefficient (Wildman–Crippen LogP) is 1.73. The van der Waals surface area contributed by atoms with Crippen LogP contribution in [0, 0.1) is 0 Å². The van der Waals surface area contributed by atoms with E-state index >= 15 is 0 Å². The number of hydrogen-bond donors (Lipinski definition) is 4. The second kappa shape index (κ2) is 6.36. The van der Waals surface area contributed by atoms with Crippen molar-refractivity contribution in [1.29, 1.82) is 0 Å². The number of nitrogens with one attached hydrogen (secondary N) is 2. The van der Waals surface area contributed by atoms with Crippen molar-refractivity contribution in [1.82, 2.24) is 10.9 Å². The number of aliphatic hydroxyl groups is 1. The normalized spacial score (nSPS) is 18.3. The van der Waals surface area contributed by atoms with Gasteiger partial charge in [0.2, 0.25) is 0 Å². The molecule has 116 valence electrons. The zero-order chi connectivity index (χ0) is 15.6. The van der Waals surface area contributed by atoms with E-state index in [-0.39, 0.29) is 6.54 Å². The molecule has 0 aliphatic carbocycles. The molecule has 5 heteroatoms. The van der Waals surface area contributed by atoms with Gasteiger partial charge in [-0.3, -0.25) is 10.9 Å². The van der Waals surface area contributed by atoms with Gasteiger partial charge in [0.15, 0.2) is 0 Å². The molecular formula is C17H20ClN3O. The highest BCUT2D eigenvalue weighted by atomic mass is 35.5.